The Morgan fingerprint density at radius 2 is 1.63 bits per heavy atom. The van der Waals surface area contributed by atoms with E-state index in [9.17, 15) is 5.11 Å². The van der Waals surface area contributed by atoms with Gasteiger partial charge in [0, 0.05) is 35.0 Å². The predicted octanol–water partition coefficient (Wildman–Crippen LogP) is 6.46. The van der Waals surface area contributed by atoms with Crippen LogP contribution in [0.4, 0.5) is 11.4 Å². The molecule has 0 bridgehead atoms. The highest BCUT2D eigenvalue weighted by Crippen LogP contribution is 2.45. The zero-order chi connectivity index (χ0) is 18.7. The van der Waals surface area contributed by atoms with Crippen LogP contribution in [-0.2, 0) is 0 Å². The van der Waals surface area contributed by atoms with Crippen LogP contribution < -0.4 is 4.90 Å². The maximum atomic E-state index is 9.36. The standard InChI is InChI=1S/C23H27BrN2O/c24-22-16-20(26-14-12-23(13-15-26)10-2-1-3-11-23)7-4-18(22)17-25-19-5-8-21(27)9-6-19/h4-9,16-17,27H,1-3,10-15H2. The van der Waals surface area contributed by atoms with Crippen molar-refractivity contribution >= 4 is 33.5 Å². The van der Waals surface area contributed by atoms with E-state index in [1.54, 1.807) is 12.1 Å². The molecule has 1 spiro atoms. The Labute approximate surface area is 170 Å². The number of aromatic hydroxyl groups is 1. The van der Waals surface area contributed by atoms with Gasteiger partial charge >= 0.3 is 0 Å². The van der Waals surface area contributed by atoms with E-state index >= 15 is 0 Å². The lowest BCUT2D eigenvalue weighted by Gasteiger charge is -2.45. The van der Waals surface area contributed by atoms with E-state index in [-0.39, 0.29) is 5.75 Å². The molecule has 4 rings (SSSR count). The first-order valence-corrected chi connectivity index (χ1v) is 10.8. The van der Waals surface area contributed by atoms with Crippen LogP contribution in [0.15, 0.2) is 51.9 Å². The first-order valence-electron chi connectivity index (χ1n) is 10.0. The lowest BCUT2D eigenvalue weighted by Crippen LogP contribution is -2.41. The molecule has 0 atom stereocenters. The summed E-state index contributed by atoms with van der Waals surface area (Å²) in [7, 11) is 0. The third-order valence-corrected chi connectivity index (χ3v) is 6.98. The van der Waals surface area contributed by atoms with Gasteiger partial charge in [-0.2, -0.15) is 0 Å². The summed E-state index contributed by atoms with van der Waals surface area (Å²) < 4.78 is 1.07. The first-order chi connectivity index (χ1) is 13.1. The summed E-state index contributed by atoms with van der Waals surface area (Å²) >= 11 is 3.71. The fourth-order valence-corrected chi connectivity index (χ4v) is 5.01. The zero-order valence-corrected chi connectivity index (χ0v) is 17.3. The molecule has 4 heteroatoms. The largest absolute Gasteiger partial charge is 0.508 e. The molecule has 142 valence electrons. The normalized spacial score (nSPS) is 19.7. The number of aliphatic imine (C=N–C) groups is 1. The number of anilines is 1. The Morgan fingerprint density at radius 1 is 0.926 bits per heavy atom. The fourth-order valence-electron chi connectivity index (χ4n) is 4.54. The molecule has 1 heterocycles. The number of phenolic OH excluding ortho intramolecular Hbond substituents is 1. The number of hydrogen-bond donors (Lipinski definition) is 1. The second-order valence-corrected chi connectivity index (χ2v) is 8.88. The molecule has 0 aromatic heterocycles. The number of halogens is 1. The van der Waals surface area contributed by atoms with Gasteiger partial charge in [-0.1, -0.05) is 41.3 Å². The van der Waals surface area contributed by atoms with Crippen molar-refractivity contribution in [3.8, 4) is 5.75 Å². The molecule has 0 unspecified atom stereocenters. The van der Waals surface area contributed by atoms with Crippen LogP contribution in [0, 0.1) is 5.41 Å². The molecule has 1 aliphatic carbocycles. The maximum absolute atomic E-state index is 9.36. The fraction of sp³-hybridized carbons (Fsp3) is 0.435. The van der Waals surface area contributed by atoms with Crippen LogP contribution in [0.1, 0.15) is 50.5 Å². The van der Waals surface area contributed by atoms with E-state index in [1.165, 1.54) is 63.7 Å². The van der Waals surface area contributed by atoms with Gasteiger partial charge in [0.25, 0.3) is 0 Å². The zero-order valence-electron chi connectivity index (χ0n) is 15.7. The number of benzene rings is 2. The van der Waals surface area contributed by atoms with Gasteiger partial charge in [-0.25, -0.2) is 0 Å². The second kappa shape index (κ2) is 8.05. The quantitative estimate of drug-likeness (QED) is 0.571. The van der Waals surface area contributed by atoms with Crippen LogP contribution in [0.3, 0.4) is 0 Å². The average molecular weight is 427 g/mol. The smallest absolute Gasteiger partial charge is 0.115 e. The molecule has 1 aliphatic heterocycles. The molecule has 2 fully saturated rings. The number of nitrogens with zero attached hydrogens (tertiary/aromatic N) is 2. The van der Waals surface area contributed by atoms with Gasteiger partial charge in [0.05, 0.1) is 5.69 Å². The third kappa shape index (κ3) is 4.37. The maximum Gasteiger partial charge on any atom is 0.115 e. The number of phenols is 1. The Balaban J connectivity index is 1.42. The minimum Gasteiger partial charge on any atom is -0.508 e. The highest BCUT2D eigenvalue weighted by molar-refractivity contribution is 9.10. The summed E-state index contributed by atoms with van der Waals surface area (Å²) in [5, 5.41) is 9.36. The molecular weight excluding hydrogens is 400 g/mol. The van der Waals surface area contributed by atoms with Gasteiger partial charge in [-0.05, 0) is 67.5 Å². The molecular formula is C23H27BrN2O. The van der Waals surface area contributed by atoms with Crippen molar-refractivity contribution in [2.45, 2.75) is 44.9 Å². The second-order valence-electron chi connectivity index (χ2n) is 8.03. The van der Waals surface area contributed by atoms with Crippen molar-refractivity contribution in [3.63, 3.8) is 0 Å². The van der Waals surface area contributed by atoms with Crippen molar-refractivity contribution in [1.82, 2.24) is 0 Å². The van der Waals surface area contributed by atoms with Crippen LogP contribution in [0.5, 0.6) is 5.75 Å². The molecule has 3 nitrogen and oxygen atoms in total. The van der Waals surface area contributed by atoms with Crippen molar-refractivity contribution in [3.05, 3.63) is 52.5 Å². The van der Waals surface area contributed by atoms with Gasteiger partial charge in [0.15, 0.2) is 0 Å². The van der Waals surface area contributed by atoms with Crippen LogP contribution >= 0.6 is 15.9 Å². The number of rotatable bonds is 3. The van der Waals surface area contributed by atoms with E-state index in [0.717, 1.165) is 15.7 Å². The van der Waals surface area contributed by atoms with E-state index in [2.05, 4.69) is 44.0 Å². The summed E-state index contributed by atoms with van der Waals surface area (Å²) in [6.45, 7) is 2.35. The monoisotopic (exact) mass is 426 g/mol. The lowest BCUT2D eigenvalue weighted by molar-refractivity contribution is 0.144. The van der Waals surface area contributed by atoms with Crippen molar-refractivity contribution < 1.29 is 5.11 Å². The number of piperidine rings is 1. The summed E-state index contributed by atoms with van der Waals surface area (Å²) in [5.41, 5.74) is 3.84. The van der Waals surface area contributed by atoms with Gasteiger partial charge in [0.2, 0.25) is 0 Å². The molecule has 0 amide bonds. The van der Waals surface area contributed by atoms with E-state index < -0.39 is 0 Å². The molecule has 2 aliphatic rings. The van der Waals surface area contributed by atoms with Crippen LogP contribution in [0.2, 0.25) is 0 Å². The Hall–Kier alpha value is -1.81. The third-order valence-electron chi connectivity index (χ3n) is 6.29. The molecule has 0 radical (unpaired) electrons. The molecule has 27 heavy (non-hydrogen) atoms. The topological polar surface area (TPSA) is 35.8 Å². The summed E-state index contributed by atoms with van der Waals surface area (Å²) in [4.78, 5) is 7.03. The summed E-state index contributed by atoms with van der Waals surface area (Å²) in [5.74, 6) is 0.260. The predicted molar refractivity (Wildman–Crippen MR) is 116 cm³/mol. The number of hydrogen-bond acceptors (Lipinski definition) is 3. The minimum absolute atomic E-state index is 0.260. The Kier molecular flexibility index (Phi) is 5.53. The lowest BCUT2D eigenvalue weighted by atomic mass is 9.68. The Morgan fingerprint density at radius 3 is 2.30 bits per heavy atom. The molecule has 1 saturated heterocycles. The van der Waals surface area contributed by atoms with E-state index in [0.29, 0.717) is 5.41 Å². The summed E-state index contributed by atoms with van der Waals surface area (Å²) in [6, 6.07) is 13.5. The van der Waals surface area contributed by atoms with Crippen LogP contribution in [0.25, 0.3) is 0 Å². The Bertz CT molecular complexity index is 800. The average Bonchev–Trinajstić information content (AvgIpc) is 2.69. The highest BCUT2D eigenvalue weighted by Gasteiger charge is 2.35. The first kappa shape index (κ1) is 18.5. The SMILES string of the molecule is Oc1ccc(N=Cc2ccc(N3CCC4(CCCCC4)CC3)cc2Br)cc1. The molecule has 1 saturated carbocycles. The summed E-state index contributed by atoms with van der Waals surface area (Å²) in [6.07, 6.45) is 11.7. The van der Waals surface area contributed by atoms with E-state index in [1.807, 2.05) is 18.3 Å². The molecule has 2 aromatic rings. The van der Waals surface area contributed by atoms with Gasteiger partial charge in [-0.15, -0.1) is 0 Å². The van der Waals surface area contributed by atoms with Gasteiger partial charge < -0.3 is 10.0 Å². The molecule has 1 N–H and O–H groups in total. The highest BCUT2D eigenvalue weighted by atomic mass is 79.9. The minimum atomic E-state index is 0.260. The molecule has 2 aromatic carbocycles. The van der Waals surface area contributed by atoms with Crippen molar-refractivity contribution in [2.75, 3.05) is 18.0 Å². The van der Waals surface area contributed by atoms with Gasteiger partial charge in [0.1, 0.15) is 5.75 Å². The van der Waals surface area contributed by atoms with Crippen molar-refractivity contribution in [1.29, 1.82) is 0 Å². The van der Waals surface area contributed by atoms with Crippen LogP contribution in [-0.4, -0.2) is 24.4 Å². The van der Waals surface area contributed by atoms with Gasteiger partial charge in [-0.3, -0.25) is 4.99 Å². The van der Waals surface area contributed by atoms with Crippen molar-refractivity contribution in [2.24, 2.45) is 10.4 Å². The van der Waals surface area contributed by atoms with E-state index in [4.69, 9.17) is 0 Å².